The molecule has 152 valence electrons. The Hall–Kier alpha value is -2.30. The van der Waals surface area contributed by atoms with Crippen molar-refractivity contribution >= 4 is 21.1 Å². The third-order valence-corrected chi connectivity index (χ3v) is 5.39. The first-order chi connectivity index (χ1) is 13.4. The van der Waals surface area contributed by atoms with Gasteiger partial charge in [-0.25, -0.2) is 18.1 Å². The van der Waals surface area contributed by atoms with Gasteiger partial charge in [0.25, 0.3) is 0 Å². The van der Waals surface area contributed by atoms with E-state index in [1.165, 1.54) is 0 Å². The first-order valence-corrected chi connectivity index (χ1v) is 10.9. The second kappa shape index (κ2) is 8.80. The molecule has 3 rings (SSSR count). The van der Waals surface area contributed by atoms with Gasteiger partial charge in [-0.05, 0) is 26.0 Å². The van der Waals surface area contributed by atoms with Gasteiger partial charge in [-0.2, -0.15) is 4.98 Å². The molecule has 0 saturated carbocycles. The largest absolute Gasteiger partial charge is 0.378 e. The van der Waals surface area contributed by atoms with Crippen LogP contribution in [0.1, 0.15) is 38.3 Å². The molecule has 0 fully saturated rings. The van der Waals surface area contributed by atoms with Crippen LogP contribution in [0.5, 0.6) is 0 Å². The van der Waals surface area contributed by atoms with Gasteiger partial charge >= 0.3 is 0 Å². The smallest absolute Gasteiger partial charge is 0.241 e. The van der Waals surface area contributed by atoms with Crippen LogP contribution >= 0.6 is 0 Å². The van der Waals surface area contributed by atoms with Crippen LogP contribution < -0.4 is 4.72 Å². The first kappa shape index (κ1) is 20.4. The molecule has 2 heterocycles. The molecule has 0 aliphatic rings. The molecule has 0 atom stereocenters. The Morgan fingerprint density at radius 2 is 2.04 bits per heavy atom. The minimum absolute atomic E-state index is 0.0130. The Morgan fingerprint density at radius 1 is 1.25 bits per heavy atom. The van der Waals surface area contributed by atoms with E-state index in [9.17, 15) is 8.42 Å². The van der Waals surface area contributed by atoms with Crippen LogP contribution in [0.3, 0.4) is 0 Å². The summed E-state index contributed by atoms with van der Waals surface area (Å²) >= 11 is 0. The summed E-state index contributed by atoms with van der Waals surface area (Å²) in [7, 11) is -3.47. The number of hydrogen-bond donors (Lipinski definition) is 1. The maximum atomic E-state index is 12.0. The predicted molar refractivity (Wildman–Crippen MR) is 104 cm³/mol. The monoisotopic (exact) mass is 407 g/mol. The lowest BCUT2D eigenvalue weighted by Crippen LogP contribution is -2.28. The highest BCUT2D eigenvalue weighted by Gasteiger charge is 2.15. The number of benzene rings is 1. The van der Waals surface area contributed by atoms with Crippen molar-refractivity contribution in [2.75, 3.05) is 12.4 Å². The lowest BCUT2D eigenvalue weighted by molar-refractivity contribution is 0.0911. The second-order valence-corrected chi connectivity index (χ2v) is 8.55. The van der Waals surface area contributed by atoms with Crippen molar-refractivity contribution in [3.8, 4) is 0 Å². The Labute approximate surface area is 164 Å². The average Bonchev–Trinajstić information content (AvgIpc) is 3.24. The lowest BCUT2D eigenvalue weighted by atomic mass is 10.3. The van der Waals surface area contributed by atoms with Crippen LogP contribution in [0.4, 0.5) is 0 Å². The summed E-state index contributed by atoms with van der Waals surface area (Å²) in [5, 5.41) is 3.97. The van der Waals surface area contributed by atoms with Crippen molar-refractivity contribution in [1.82, 2.24) is 24.4 Å². The molecule has 0 spiro atoms. The van der Waals surface area contributed by atoms with Gasteiger partial charge in [0.2, 0.25) is 15.9 Å². The number of fused-ring (bicyclic) bond motifs is 1. The molecule has 0 unspecified atom stereocenters. The van der Waals surface area contributed by atoms with Crippen molar-refractivity contribution in [1.29, 1.82) is 0 Å². The number of sulfonamides is 1. The fourth-order valence-corrected chi connectivity index (χ4v) is 3.58. The average molecular weight is 407 g/mol. The molecule has 0 radical (unpaired) electrons. The molecule has 0 aliphatic carbocycles. The lowest BCUT2D eigenvalue weighted by Gasteiger charge is -2.08. The van der Waals surface area contributed by atoms with Crippen molar-refractivity contribution in [3.63, 3.8) is 0 Å². The normalized spacial score (nSPS) is 12.3. The molecular formula is C18H25N5O4S. The standard InChI is InChI=1S/C18H25N5O4S/c1-4-17-20-14-7-5-6-8-15(14)23(17)12-16-21-18(27-22-16)11-19-28(24,25)10-9-26-13(2)3/h5-8,13,19H,4,9-12H2,1-3H3. The number of rotatable bonds is 10. The molecule has 0 bridgehead atoms. The summed E-state index contributed by atoms with van der Waals surface area (Å²) in [6.45, 7) is 6.23. The van der Waals surface area contributed by atoms with E-state index in [-0.39, 0.29) is 30.9 Å². The number of ether oxygens (including phenoxy) is 1. The highest BCUT2D eigenvalue weighted by molar-refractivity contribution is 7.89. The maximum absolute atomic E-state index is 12.0. The molecule has 0 saturated heterocycles. The molecule has 0 aliphatic heterocycles. The molecular weight excluding hydrogens is 382 g/mol. The van der Waals surface area contributed by atoms with Gasteiger partial charge in [-0.15, -0.1) is 0 Å². The zero-order chi connectivity index (χ0) is 20.1. The van der Waals surface area contributed by atoms with Gasteiger partial charge in [-0.1, -0.05) is 24.2 Å². The molecule has 28 heavy (non-hydrogen) atoms. The van der Waals surface area contributed by atoms with Crippen LogP contribution in [0.25, 0.3) is 11.0 Å². The molecule has 1 N–H and O–H groups in total. The molecule has 10 heteroatoms. The van der Waals surface area contributed by atoms with Crippen LogP contribution in [0.2, 0.25) is 0 Å². The third-order valence-electron chi connectivity index (χ3n) is 4.11. The second-order valence-electron chi connectivity index (χ2n) is 6.62. The minimum Gasteiger partial charge on any atom is -0.378 e. The Balaban J connectivity index is 1.64. The van der Waals surface area contributed by atoms with E-state index in [1.807, 2.05) is 49.6 Å². The fraction of sp³-hybridized carbons (Fsp3) is 0.500. The summed E-state index contributed by atoms with van der Waals surface area (Å²) < 4.78 is 38.9. The number of hydrogen-bond acceptors (Lipinski definition) is 7. The Kier molecular flexibility index (Phi) is 6.42. The third kappa shape index (κ3) is 5.15. The summed E-state index contributed by atoms with van der Waals surface area (Å²) in [5.41, 5.74) is 1.91. The maximum Gasteiger partial charge on any atom is 0.241 e. The highest BCUT2D eigenvalue weighted by atomic mass is 32.2. The summed E-state index contributed by atoms with van der Waals surface area (Å²) in [6.07, 6.45) is 0.762. The Morgan fingerprint density at radius 3 is 2.79 bits per heavy atom. The zero-order valence-electron chi connectivity index (χ0n) is 16.3. The van der Waals surface area contributed by atoms with Crippen molar-refractivity contribution in [2.45, 2.75) is 46.4 Å². The topological polar surface area (TPSA) is 112 Å². The van der Waals surface area contributed by atoms with E-state index in [0.717, 1.165) is 23.3 Å². The van der Waals surface area contributed by atoms with Gasteiger partial charge < -0.3 is 13.8 Å². The van der Waals surface area contributed by atoms with E-state index in [4.69, 9.17) is 9.26 Å². The van der Waals surface area contributed by atoms with Crippen molar-refractivity contribution in [2.24, 2.45) is 0 Å². The fourth-order valence-electron chi connectivity index (χ4n) is 2.78. The van der Waals surface area contributed by atoms with Gasteiger partial charge in [0, 0.05) is 6.42 Å². The SMILES string of the molecule is CCc1nc2ccccc2n1Cc1noc(CNS(=O)(=O)CCOC(C)C)n1. The zero-order valence-corrected chi connectivity index (χ0v) is 17.1. The van der Waals surface area contributed by atoms with E-state index < -0.39 is 10.0 Å². The van der Waals surface area contributed by atoms with Gasteiger partial charge in [0.15, 0.2) is 5.82 Å². The number of nitrogens with zero attached hydrogens (tertiary/aromatic N) is 4. The van der Waals surface area contributed by atoms with Crippen LogP contribution in [-0.2, 0) is 34.3 Å². The van der Waals surface area contributed by atoms with Crippen molar-refractivity contribution in [3.05, 3.63) is 41.8 Å². The molecule has 3 aromatic rings. The molecule has 9 nitrogen and oxygen atoms in total. The molecule has 2 aromatic heterocycles. The number of imidazole rings is 1. The van der Waals surface area contributed by atoms with E-state index in [2.05, 4.69) is 19.8 Å². The first-order valence-electron chi connectivity index (χ1n) is 9.22. The van der Waals surface area contributed by atoms with Crippen LogP contribution in [-0.4, -0.2) is 46.6 Å². The van der Waals surface area contributed by atoms with Crippen LogP contribution in [0.15, 0.2) is 28.8 Å². The number of para-hydroxylation sites is 2. The number of aromatic nitrogens is 4. The van der Waals surface area contributed by atoms with Crippen molar-refractivity contribution < 1.29 is 17.7 Å². The highest BCUT2D eigenvalue weighted by Crippen LogP contribution is 2.17. The minimum atomic E-state index is -3.47. The number of aryl methyl sites for hydroxylation is 1. The predicted octanol–water partition coefficient (Wildman–Crippen LogP) is 1.87. The molecule has 1 aromatic carbocycles. The summed E-state index contributed by atoms with van der Waals surface area (Å²) in [5.74, 6) is 1.49. The van der Waals surface area contributed by atoms with E-state index in [0.29, 0.717) is 12.4 Å². The van der Waals surface area contributed by atoms with Gasteiger partial charge in [0.1, 0.15) is 5.82 Å². The van der Waals surface area contributed by atoms with Gasteiger partial charge in [0.05, 0.1) is 42.6 Å². The summed E-state index contributed by atoms with van der Waals surface area (Å²) in [6, 6.07) is 7.86. The quantitative estimate of drug-likeness (QED) is 0.546. The van der Waals surface area contributed by atoms with Crippen LogP contribution in [0, 0.1) is 0 Å². The number of nitrogens with one attached hydrogen (secondary N) is 1. The van der Waals surface area contributed by atoms with E-state index in [1.54, 1.807) is 0 Å². The summed E-state index contributed by atoms with van der Waals surface area (Å²) in [4.78, 5) is 8.91. The van der Waals surface area contributed by atoms with E-state index >= 15 is 0 Å². The molecule has 0 amide bonds. The Bertz CT molecular complexity index is 1030. The van der Waals surface area contributed by atoms with Gasteiger partial charge in [-0.3, -0.25) is 0 Å².